The summed E-state index contributed by atoms with van der Waals surface area (Å²) in [6, 6.07) is 13.9. The number of urea groups is 1. The molecule has 2 aromatic carbocycles. The molecule has 0 spiro atoms. The average molecular weight is 360 g/mol. The third kappa shape index (κ3) is 4.52. The Bertz CT molecular complexity index is 724. The molecule has 1 aliphatic heterocycles. The topological polar surface area (TPSA) is 41.6 Å². The van der Waals surface area contributed by atoms with Crippen LogP contribution in [0.15, 0.2) is 53.4 Å². The van der Waals surface area contributed by atoms with Crippen LogP contribution in [0.3, 0.4) is 0 Å². The molecule has 1 fully saturated rings. The highest BCUT2D eigenvalue weighted by molar-refractivity contribution is 7.99. The Morgan fingerprint density at radius 1 is 1.28 bits per heavy atom. The lowest BCUT2D eigenvalue weighted by Gasteiger charge is -2.33. The fourth-order valence-corrected chi connectivity index (χ4v) is 3.52. The smallest absolute Gasteiger partial charge is 0.322 e. The van der Waals surface area contributed by atoms with Crippen molar-refractivity contribution in [3.63, 3.8) is 0 Å². The van der Waals surface area contributed by atoms with Gasteiger partial charge in [0.25, 0.3) is 0 Å². The van der Waals surface area contributed by atoms with Crippen LogP contribution < -0.4 is 5.32 Å². The first-order valence-electron chi connectivity index (χ1n) is 8.32. The highest BCUT2D eigenvalue weighted by Crippen LogP contribution is 2.28. The standard InChI is InChI=1S/C19H21FN2O2S/c1-2-25-18-6-4-3-5-16(18)21-19(23)22-11-12-24-17(13-22)14-7-9-15(20)10-8-14/h3-10,17H,2,11-13H2,1H3,(H,21,23)/t17-/m1/s1. The van der Waals surface area contributed by atoms with E-state index in [9.17, 15) is 9.18 Å². The quantitative estimate of drug-likeness (QED) is 0.814. The lowest BCUT2D eigenvalue weighted by atomic mass is 10.1. The van der Waals surface area contributed by atoms with Gasteiger partial charge in [0.05, 0.1) is 18.8 Å². The summed E-state index contributed by atoms with van der Waals surface area (Å²) in [5.41, 5.74) is 1.70. The number of rotatable bonds is 4. The minimum Gasteiger partial charge on any atom is -0.370 e. The van der Waals surface area contributed by atoms with E-state index in [0.29, 0.717) is 19.7 Å². The molecule has 2 amide bonds. The number of benzene rings is 2. The number of nitrogens with one attached hydrogen (secondary N) is 1. The lowest BCUT2D eigenvalue weighted by Crippen LogP contribution is -2.44. The zero-order valence-corrected chi connectivity index (χ0v) is 14.9. The summed E-state index contributed by atoms with van der Waals surface area (Å²) in [7, 11) is 0. The molecule has 1 aliphatic rings. The number of carbonyl (C=O) groups excluding carboxylic acids is 1. The van der Waals surface area contributed by atoms with Crippen LogP contribution in [-0.2, 0) is 4.74 Å². The molecule has 1 heterocycles. The minimum atomic E-state index is -0.279. The van der Waals surface area contributed by atoms with Crippen LogP contribution in [0.2, 0.25) is 0 Å². The Balaban J connectivity index is 1.67. The number of halogens is 1. The average Bonchev–Trinajstić information content (AvgIpc) is 2.64. The van der Waals surface area contributed by atoms with Crippen LogP contribution >= 0.6 is 11.8 Å². The van der Waals surface area contributed by atoms with Crippen molar-refractivity contribution in [2.45, 2.75) is 17.9 Å². The predicted octanol–water partition coefficient (Wildman–Crippen LogP) is 4.54. The van der Waals surface area contributed by atoms with Crippen LogP contribution in [0, 0.1) is 5.82 Å². The number of anilines is 1. The normalized spacial score (nSPS) is 17.4. The molecule has 0 aliphatic carbocycles. The summed E-state index contributed by atoms with van der Waals surface area (Å²) in [5.74, 6) is 0.663. The molecule has 1 saturated heterocycles. The molecular weight excluding hydrogens is 339 g/mol. The monoisotopic (exact) mass is 360 g/mol. The van der Waals surface area contributed by atoms with Crippen molar-refractivity contribution in [1.82, 2.24) is 4.90 Å². The third-order valence-electron chi connectivity index (χ3n) is 4.02. The molecule has 0 saturated carbocycles. The van der Waals surface area contributed by atoms with Crippen LogP contribution in [0.4, 0.5) is 14.9 Å². The molecule has 0 unspecified atom stereocenters. The van der Waals surface area contributed by atoms with E-state index in [1.165, 1.54) is 12.1 Å². The fraction of sp³-hybridized carbons (Fsp3) is 0.316. The molecule has 25 heavy (non-hydrogen) atoms. The van der Waals surface area contributed by atoms with Gasteiger partial charge in [0, 0.05) is 11.4 Å². The van der Waals surface area contributed by atoms with E-state index in [2.05, 4.69) is 12.2 Å². The maximum Gasteiger partial charge on any atom is 0.322 e. The molecular formula is C19H21FN2O2S. The number of nitrogens with zero attached hydrogens (tertiary/aromatic N) is 1. The van der Waals surface area contributed by atoms with Gasteiger partial charge in [0.2, 0.25) is 0 Å². The second kappa shape index (κ2) is 8.36. The molecule has 6 heteroatoms. The number of amides is 2. The van der Waals surface area contributed by atoms with Crippen molar-refractivity contribution in [3.05, 3.63) is 59.9 Å². The molecule has 3 rings (SSSR count). The van der Waals surface area contributed by atoms with Crippen LogP contribution in [0.1, 0.15) is 18.6 Å². The first kappa shape index (κ1) is 17.8. The first-order chi connectivity index (χ1) is 12.2. The van der Waals surface area contributed by atoms with Gasteiger partial charge in [0.1, 0.15) is 11.9 Å². The van der Waals surface area contributed by atoms with Gasteiger partial charge in [-0.05, 0) is 35.6 Å². The molecule has 4 nitrogen and oxygen atoms in total. The van der Waals surface area contributed by atoms with E-state index in [1.807, 2.05) is 24.3 Å². The van der Waals surface area contributed by atoms with Gasteiger partial charge in [-0.15, -0.1) is 11.8 Å². The van der Waals surface area contributed by atoms with Gasteiger partial charge >= 0.3 is 6.03 Å². The van der Waals surface area contributed by atoms with Gasteiger partial charge in [-0.3, -0.25) is 0 Å². The van der Waals surface area contributed by atoms with Crippen LogP contribution in [0.25, 0.3) is 0 Å². The van der Waals surface area contributed by atoms with Gasteiger partial charge in [-0.25, -0.2) is 9.18 Å². The van der Waals surface area contributed by atoms with Crippen molar-refractivity contribution in [2.75, 3.05) is 30.8 Å². The van der Waals surface area contributed by atoms with E-state index in [-0.39, 0.29) is 18.0 Å². The fourth-order valence-electron chi connectivity index (χ4n) is 2.76. The van der Waals surface area contributed by atoms with Crippen molar-refractivity contribution in [1.29, 1.82) is 0 Å². The maximum absolute atomic E-state index is 13.1. The van der Waals surface area contributed by atoms with E-state index in [1.54, 1.807) is 28.8 Å². The summed E-state index contributed by atoms with van der Waals surface area (Å²) in [5, 5.41) is 3.00. The zero-order chi connectivity index (χ0) is 17.6. The second-order valence-corrected chi connectivity index (χ2v) is 7.02. The molecule has 1 atom stereocenters. The van der Waals surface area contributed by atoms with Gasteiger partial charge < -0.3 is 15.0 Å². The minimum absolute atomic E-state index is 0.139. The Kier molecular flexibility index (Phi) is 5.94. The SMILES string of the molecule is CCSc1ccccc1NC(=O)N1CCO[C@@H](c2ccc(F)cc2)C1. The summed E-state index contributed by atoms with van der Waals surface area (Å²) < 4.78 is 18.8. The lowest BCUT2D eigenvalue weighted by molar-refractivity contribution is -0.0135. The largest absolute Gasteiger partial charge is 0.370 e. The number of hydrogen-bond acceptors (Lipinski definition) is 3. The molecule has 2 aromatic rings. The number of hydrogen-bond donors (Lipinski definition) is 1. The van der Waals surface area contributed by atoms with E-state index < -0.39 is 0 Å². The number of thioether (sulfide) groups is 1. The Morgan fingerprint density at radius 2 is 2.04 bits per heavy atom. The second-order valence-electron chi connectivity index (χ2n) is 5.72. The van der Waals surface area contributed by atoms with Crippen molar-refractivity contribution < 1.29 is 13.9 Å². The Hall–Kier alpha value is -2.05. The third-order valence-corrected chi connectivity index (χ3v) is 4.98. The Labute approximate surface area is 151 Å². The first-order valence-corrected chi connectivity index (χ1v) is 9.30. The number of para-hydroxylation sites is 1. The van der Waals surface area contributed by atoms with Crippen LogP contribution in [-0.4, -0.2) is 36.4 Å². The van der Waals surface area contributed by atoms with Gasteiger partial charge in [-0.1, -0.05) is 31.2 Å². The predicted molar refractivity (Wildman–Crippen MR) is 98.5 cm³/mol. The van der Waals surface area contributed by atoms with Gasteiger partial charge in [0.15, 0.2) is 0 Å². The van der Waals surface area contributed by atoms with Crippen LogP contribution in [0.5, 0.6) is 0 Å². The number of carbonyl (C=O) groups is 1. The zero-order valence-electron chi connectivity index (χ0n) is 14.1. The number of morpholine rings is 1. The molecule has 0 bridgehead atoms. The van der Waals surface area contributed by atoms with E-state index >= 15 is 0 Å². The molecule has 1 N–H and O–H groups in total. The van der Waals surface area contributed by atoms with Crippen molar-refractivity contribution in [2.24, 2.45) is 0 Å². The summed E-state index contributed by atoms with van der Waals surface area (Å²) in [4.78, 5) is 15.4. The van der Waals surface area contributed by atoms with Crippen molar-refractivity contribution in [3.8, 4) is 0 Å². The van der Waals surface area contributed by atoms with Crippen molar-refractivity contribution >= 4 is 23.5 Å². The van der Waals surface area contributed by atoms with E-state index in [0.717, 1.165) is 21.9 Å². The highest BCUT2D eigenvalue weighted by Gasteiger charge is 2.25. The maximum atomic E-state index is 13.1. The molecule has 132 valence electrons. The molecule has 0 aromatic heterocycles. The molecule has 0 radical (unpaired) electrons. The Morgan fingerprint density at radius 3 is 2.80 bits per heavy atom. The summed E-state index contributed by atoms with van der Waals surface area (Å²) in [6.07, 6.45) is -0.236. The number of ether oxygens (including phenoxy) is 1. The van der Waals surface area contributed by atoms with Gasteiger partial charge in [-0.2, -0.15) is 0 Å². The van der Waals surface area contributed by atoms with E-state index in [4.69, 9.17) is 4.74 Å². The summed E-state index contributed by atoms with van der Waals surface area (Å²) in [6.45, 7) is 3.52. The summed E-state index contributed by atoms with van der Waals surface area (Å²) >= 11 is 1.70. The highest BCUT2D eigenvalue weighted by atomic mass is 32.2.